The fraction of sp³-hybridized carbons (Fsp3) is 0.167. The molecule has 0 aliphatic rings. The molecule has 1 heterocycles. The Kier molecular flexibility index (Phi) is 4.71. The molecule has 0 saturated carbocycles. The van der Waals surface area contributed by atoms with Crippen molar-refractivity contribution >= 4 is 15.9 Å². The largest absolute Gasteiger partial charge is 0.444 e. The van der Waals surface area contributed by atoms with Crippen LogP contribution in [0.15, 0.2) is 69.8 Å². The zero-order chi connectivity index (χ0) is 15.4. The van der Waals surface area contributed by atoms with E-state index in [2.05, 4.69) is 57.4 Å². The molecule has 0 aliphatic heterocycles. The van der Waals surface area contributed by atoms with Gasteiger partial charge in [0.2, 0.25) is 5.89 Å². The van der Waals surface area contributed by atoms with Crippen LogP contribution in [0.3, 0.4) is 0 Å². The van der Waals surface area contributed by atoms with Gasteiger partial charge in [0.15, 0.2) is 0 Å². The van der Waals surface area contributed by atoms with Gasteiger partial charge in [-0.05, 0) is 40.5 Å². The second-order valence-corrected chi connectivity index (χ2v) is 5.99. The Hall–Kier alpha value is -1.91. The van der Waals surface area contributed by atoms with E-state index in [-0.39, 0.29) is 6.04 Å². The van der Waals surface area contributed by atoms with Gasteiger partial charge in [-0.2, -0.15) is 0 Å². The third-order valence-electron chi connectivity index (χ3n) is 3.54. The summed E-state index contributed by atoms with van der Waals surface area (Å²) < 4.78 is 6.57. The van der Waals surface area contributed by atoms with Crippen molar-refractivity contribution in [3.05, 3.63) is 76.6 Å². The Morgan fingerprint density at radius 1 is 1.09 bits per heavy atom. The van der Waals surface area contributed by atoms with Crippen LogP contribution in [0.25, 0.3) is 11.5 Å². The van der Waals surface area contributed by atoms with Crippen molar-refractivity contribution in [3.63, 3.8) is 0 Å². The van der Waals surface area contributed by atoms with Crippen molar-refractivity contribution in [2.45, 2.75) is 19.5 Å². The number of oxazole rings is 1. The summed E-state index contributed by atoms with van der Waals surface area (Å²) in [6.07, 6.45) is 1.71. The Labute approximate surface area is 138 Å². The number of halogens is 1. The predicted octanol–water partition coefficient (Wildman–Crippen LogP) is 4.95. The molecule has 3 aromatic rings. The molecule has 0 saturated heterocycles. The highest BCUT2D eigenvalue weighted by molar-refractivity contribution is 9.10. The van der Waals surface area contributed by atoms with E-state index in [1.54, 1.807) is 6.26 Å². The van der Waals surface area contributed by atoms with Gasteiger partial charge in [0.25, 0.3) is 0 Å². The summed E-state index contributed by atoms with van der Waals surface area (Å²) in [6.45, 7) is 2.81. The molecule has 22 heavy (non-hydrogen) atoms. The lowest BCUT2D eigenvalue weighted by Gasteiger charge is -2.12. The first-order valence-corrected chi connectivity index (χ1v) is 8.01. The molecule has 1 unspecified atom stereocenters. The monoisotopic (exact) mass is 356 g/mol. The summed E-state index contributed by atoms with van der Waals surface area (Å²) in [7, 11) is 0. The van der Waals surface area contributed by atoms with Gasteiger partial charge in [0.1, 0.15) is 6.26 Å². The highest BCUT2D eigenvalue weighted by Gasteiger charge is 2.10. The quantitative estimate of drug-likeness (QED) is 0.702. The lowest BCUT2D eigenvalue weighted by molar-refractivity contribution is 0.553. The summed E-state index contributed by atoms with van der Waals surface area (Å²) >= 11 is 3.52. The van der Waals surface area contributed by atoms with E-state index >= 15 is 0 Å². The maximum Gasteiger partial charge on any atom is 0.227 e. The van der Waals surface area contributed by atoms with Crippen LogP contribution in [-0.2, 0) is 6.54 Å². The van der Waals surface area contributed by atoms with Gasteiger partial charge in [-0.3, -0.25) is 0 Å². The van der Waals surface area contributed by atoms with Crippen LogP contribution in [0.4, 0.5) is 0 Å². The number of nitrogens with zero attached hydrogens (tertiary/aromatic N) is 1. The third kappa shape index (κ3) is 3.46. The Morgan fingerprint density at radius 3 is 2.59 bits per heavy atom. The smallest absolute Gasteiger partial charge is 0.227 e. The number of nitrogens with one attached hydrogen (secondary N) is 1. The van der Waals surface area contributed by atoms with Gasteiger partial charge >= 0.3 is 0 Å². The van der Waals surface area contributed by atoms with Crippen molar-refractivity contribution in [3.8, 4) is 11.5 Å². The summed E-state index contributed by atoms with van der Waals surface area (Å²) in [4.78, 5) is 4.55. The summed E-state index contributed by atoms with van der Waals surface area (Å²) in [5.74, 6) is 0.636. The Morgan fingerprint density at radius 2 is 1.82 bits per heavy atom. The molecule has 2 aromatic carbocycles. The molecule has 3 nitrogen and oxygen atoms in total. The highest BCUT2D eigenvalue weighted by atomic mass is 79.9. The van der Waals surface area contributed by atoms with Crippen LogP contribution in [0.1, 0.15) is 24.2 Å². The topological polar surface area (TPSA) is 38.1 Å². The molecule has 0 radical (unpaired) electrons. The van der Waals surface area contributed by atoms with Crippen molar-refractivity contribution in [2.75, 3.05) is 0 Å². The van der Waals surface area contributed by atoms with E-state index in [1.165, 1.54) is 5.56 Å². The standard InChI is InChI=1S/C18H17BrN2O/c1-13(14-7-3-2-4-8-14)20-11-15-12-22-18(21-15)16-9-5-6-10-17(16)19/h2-10,12-13,20H,11H2,1H3. The van der Waals surface area contributed by atoms with Crippen molar-refractivity contribution in [2.24, 2.45) is 0 Å². The second kappa shape index (κ2) is 6.90. The number of hydrogen-bond donors (Lipinski definition) is 1. The molecule has 1 atom stereocenters. The minimum Gasteiger partial charge on any atom is -0.444 e. The molecule has 0 amide bonds. The van der Waals surface area contributed by atoms with E-state index in [9.17, 15) is 0 Å². The lowest BCUT2D eigenvalue weighted by atomic mass is 10.1. The minimum absolute atomic E-state index is 0.268. The Balaban J connectivity index is 1.67. The number of benzene rings is 2. The van der Waals surface area contributed by atoms with Gasteiger partial charge in [-0.15, -0.1) is 0 Å². The van der Waals surface area contributed by atoms with Crippen LogP contribution in [0, 0.1) is 0 Å². The molecule has 0 aliphatic carbocycles. The maximum atomic E-state index is 5.59. The van der Waals surface area contributed by atoms with E-state index < -0.39 is 0 Å². The van der Waals surface area contributed by atoms with E-state index in [4.69, 9.17) is 4.42 Å². The first kappa shape index (κ1) is 15.0. The zero-order valence-corrected chi connectivity index (χ0v) is 13.9. The lowest BCUT2D eigenvalue weighted by Crippen LogP contribution is -2.18. The zero-order valence-electron chi connectivity index (χ0n) is 12.3. The van der Waals surface area contributed by atoms with Crippen LogP contribution < -0.4 is 5.32 Å². The molecule has 0 spiro atoms. The molecular weight excluding hydrogens is 340 g/mol. The van der Waals surface area contributed by atoms with Crippen molar-refractivity contribution in [1.82, 2.24) is 10.3 Å². The molecule has 3 rings (SSSR count). The van der Waals surface area contributed by atoms with Gasteiger partial charge in [-0.1, -0.05) is 42.5 Å². The van der Waals surface area contributed by atoms with Crippen LogP contribution in [-0.4, -0.2) is 4.98 Å². The summed E-state index contributed by atoms with van der Waals surface area (Å²) in [6, 6.07) is 18.5. The number of rotatable bonds is 5. The molecule has 1 aromatic heterocycles. The third-order valence-corrected chi connectivity index (χ3v) is 4.24. The number of aromatic nitrogens is 1. The number of hydrogen-bond acceptors (Lipinski definition) is 3. The predicted molar refractivity (Wildman–Crippen MR) is 91.3 cm³/mol. The van der Waals surface area contributed by atoms with Crippen LogP contribution >= 0.6 is 15.9 Å². The molecular formula is C18H17BrN2O. The molecule has 112 valence electrons. The average molecular weight is 357 g/mol. The van der Waals surface area contributed by atoms with Gasteiger partial charge in [0, 0.05) is 17.1 Å². The highest BCUT2D eigenvalue weighted by Crippen LogP contribution is 2.27. The fourth-order valence-corrected chi connectivity index (χ4v) is 2.72. The van der Waals surface area contributed by atoms with Crippen molar-refractivity contribution in [1.29, 1.82) is 0 Å². The molecule has 0 fully saturated rings. The fourth-order valence-electron chi connectivity index (χ4n) is 2.26. The SMILES string of the molecule is CC(NCc1coc(-c2ccccc2Br)n1)c1ccccc1. The first-order valence-electron chi connectivity index (χ1n) is 7.21. The van der Waals surface area contributed by atoms with E-state index in [1.807, 2.05) is 30.3 Å². The molecule has 0 bridgehead atoms. The molecule has 4 heteroatoms. The van der Waals surface area contributed by atoms with Crippen LogP contribution in [0.5, 0.6) is 0 Å². The van der Waals surface area contributed by atoms with Gasteiger partial charge in [-0.25, -0.2) is 4.98 Å². The average Bonchev–Trinajstić information content (AvgIpc) is 3.02. The second-order valence-electron chi connectivity index (χ2n) is 5.14. The van der Waals surface area contributed by atoms with Crippen molar-refractivity contribution < 1.29 is 4.42 Å². The summed E-state index contributed by atoms with van der Waals surface area (Å²) in [5, 5.41) is 3.46. The van der Waals surface area contributed by atoms with Crippen LogP contribution in [0.2, 0.25) is 0 Å². The van der Waals surface area contributed by atoms with Gasteiger partial charge in [0.05, 0.1) is 11.3 Å². The first-order chi connectivity index (χ1) is 10.7. The molecule has 1 N–H and O–H groups in total. The van der Waals surface area contributed by atoms with E-state index in [0.29, 0.717) is 12.4 Å². The maximum absolute atomic E-state index is 5.59. The Bertz CT molecular complexity index is 740. The minimum atomic E-state index is 0.268. The normalized spacial score (nSPS) is 12.3. The van der Waals surface area contributed by atoms with E-state index in [0.717, 1.165) is 15.7 Å². The summed E-state index contributed by atoms with van der Waals surface area (Å²) in [5.41, 5.74) is 3.12. The van der Waals surface area contributed by atoms with Gasteiger partial charge < -0.3 is 9.73 Å².